The van der Waals surface area contributed by atoms with E-state index in [1.807, 2.05) is 19.1 Å². The van der Waals surface area contributed by atoms with Crippen molar-refractivity contribution in [2.75, 3.05) is 18.5 Å². The number of rotatable bonds is 7. The van der Waals surface area contributed by atoms with Crippen molar-refractivity contribution in [1.82, 2.24) is 5.32 Å². The van der Waals surface area contributed by atoms with E-state index in [1.54, 1.807) is 24.3 Å². The lowest BCUT2D eigenvalue weighted by molar-refractivity contribution is 0.252. The molecule has 2 rings (SSSR count). The highest BCUT2D eigenvalue weighted by molar-refractivity contribution is 5.89. The molecular formula is C18H21FN2O2. The van der Waals surface area contributed by atoms with Crippen molar-refractivity contribution in [2.45, 2.75) is 19.8 Å². The lowest BCUT2D eigenvalue weighted by atomic mass is 10.1. The number of hydrogen-bond acceptors (Lipinski definition) is 2. The number of nitrogens with one attached hydrogen (secondary N) is 2. The molecule has 0 aliphatic carbocycles. The van der Waals surface area contributed by atoms with Crippen molar-refractivity contribution in [3.05, 3.63) is 59.9 Å². The van der Waals surface area contributed by atoms with Gasteiger partial charge in [-0.1, -0.05) is 25.1 Å². The summed E-state index contributed by atoms with van der Waals surface area (Å²) < 4.78 is 18.3. The Bertz CT molecular complexity index is 629. The molecule has 0 aliphatic rings. The molecule has 5 heteroatoms. The molecule has 0 fully saturated rings. The molecule has 0 saturated heterocycles. The molecule has 0 aromatic heterocycles. The third-order valence-corrected chi connectivity index (χ3v) is 3.18. The fraction of sp³-hybridized carbons (Fsp3) is 0.278. The Labute approximate surface area is 135 Å². The van der Waals surface area contributed by atoms with E-state index in [2.05, 4.69) is 10.6 Å². The predicted octanol–water partition coefficient (Wildman–Crippen LogP) is 3.98. The number of carbonyl (C=O) groups excluding carboxylic acids is 1. The summed E-state index contributed by atoms with van der Waals surface area (Å²) in [7, 11) is 0. The number of carbonyl (C=O) groups is 1. The Morgan fingerprint density at radius 3 is 2.70 bits per heavy atom. The maximum Gasteiger partial charge on any atom is 0.319 e. The van der Waals surface area contributed by atoms with Gasteiger partial charge in [0.15, 0.2) is 0 Å². The topological polar surface area (TPSA) is 50.4 Å². The summed E-state index contributed by atoms with van der Waals surface area (Å²) in [5.74, 6) is 0.473. The number of urea groups is 1. The molecule has 2 N–H and O–H groups in total. The predicted molar refractivity (Wildman–Crippen MR) is 89.4 cm³/mol. The van der Waals surface area contributed by atoms with E-state index in [1.165, 1.54) is 12.1 Å². The highest BCUT2D eigenvalue weighted by Crippen LogP contribution is 2.17. The third kappa shape index (κ3) is 5.98. The molecular weight excluding hydrogens is 295 g/mol. The normalized spacial score (nSPS) is 10.2. The summed E-state index contributed by atoms with van der Waals surface area (Å²) in [5, 5.41) is 5.54. The van der Waals surface area contributed by atoms with Crippen molar-refractivity contribution in [3.63, 3.8) is 0 Å². The minimum atomic E-state index is -0.278. The molecule has 0 atom stereocenters. The zero-order valence-corrected chi connectivity index (χ0v) is 13.1. The molecule has 0 radical (unpaired) electrons. The van der Waals surface area contributed by atoms with Crippen LogP contribution in [-0.2, 0) is 6.42 Å². The zero-order valence-electron chi connectivity index (χ0n) is 13.1. The van der Waals surface area contributed by atoms with Crippen molar-refractivity contribution >= 4 is 11.7 Å². The minimum Gasteiger partial charge on any atom is -0.494 e. The molecule has 0 saturated carbocycles. The summed E-state index contributed by atoms with van der Waals surface area (Å²) in [4.78, 5) is 11.9. The summed E-state index contributed by atoms with van der Waals surface area (Å²) >= 11 is 0. The first-order valence-electron chi connectivity index (χ1n) is 7.69. The van der Waals surface area contributed by atoms with E-state index in [4.69, 9.17) is 4.74 Å². The largest absolute Gasteiger partial charge is 0.494 e. The second kappa shape index (κ2) is 8.78. The maximum absolute atomic E-state index is 12.8. The summed E-state index contributed by atoms with van der Waals surface area (Å²) in [6, 6.07) is 13.3. The minimum absolute atomic E-state index is 0.260. The monoisotopic (exact) mass is 316 g/mol. The SMILES string of the molecule is CCCOc1cccc(NC(=O)NCCc2ccc(F)cc2)c1. The van der Waals surface area contributed by atoms with E-state index in [0.717, 1.165) is 17.7 Å². The van der Waals surface area contributed by atoms with Gasteiger partial charge in [-0.2, -0.15) is 0 Å². The Kier molecular flexibility index (Phi) is 6.41. The molecule has 122 valence electrons. The quantitative estimate of drug-likeness (QED) is 0.812. The number of benzene rings is 2. The zero-order chi connectivity index (χ0) is 16.5. The highest BCUT2D eigenvalue weighted by Gasteiger charge is 2.03. The highest BCUT2D eigenvalue weighted by atomic mass is 19.1. The third-order valence-electron chi connectivity index (χ3n) is 3.18. The summed E-state index contributed by atoms with van der Waals surface area (Å²) in [6.07, 6.45) is 1.58. The molecule has 2 aromatic carbocycles. The molecule has 2 amide bonds. The second-order valence-electron chi connectivity index (χ2n) is 5.13. The first-order chi connectivity index (χ1) is 11.2. The van der Waals surface area contributed by atoms with Gasteiger partial charge in [-0.3, -0.25) is 0 Å². The van der Waals surface area contributed by atoms with Gasteiger partial charge in [-0.05, 0) is 42.7 Å². The molecule has 0 heterocycles. The van der Waals surface area contributed by atoms with Crippen LogP contribution in [0.25, 0.3) is 0 Å². The van der Waals surface area contributed by atoms with Crippen LogP contribution in [0.1, 0.15) is 18.9 Å². The van der Waals surface area contributed by atoms with Crippen LogP contribution in [0.3, 0.4) is 0 Å². The van der Waals surface area contributed by atoms with Gasteiger partial charge in [-0.15, -0.1) is 0 Å². The molecule has 0 aliphatic heterocycles. The van der Waals surface area contributed by atoms with Crippen LogP contribution in [0, 0.1) is 5.82 Å². The van der Waals surface area contributed by atoms with Gasteiger partial charge in [0.05, 0.1) is 6.61 Å². The van der Waals surface area contributed by atoms with Gasteiger partial charge in [-0.25, -0.2) is 9.18 Å². The average molecular weight is 316 g/mol. The van der Waals surface area contributed by atoms with Crippen molar-refractivity contribution < 1.29 is 13.9 Å². The molecule has 4 nitrogen and oxygen atoms in total. The van der Waals surface area contributed by atoms with Gasteiger partial charge in [0.1, 0.15) is 11.6 Å². The van der Waals surface area contributed by atoms with Crippen LogP contribution < -0.4 is 15.4 Å². The average Bonchev–Trinajstić information content (AvgIpc) is 2.55. The van der Waals surface area contributed by atoms with Crippen LogP contribution >= 0.6 is 0 Å². The Morgan fingerprint density at radius 1 is 1.17 bits per heavy atom. The maximum atomic E-state index is 12.8. The molecule has 2 aromatic rings. The van der Waals surface area contributed by atoms with Crippen LogP contribution in [-0.4, -0.2) is 19.2 Å². The Morgan fingerprint density at radius 2 is 1.96 bits per heavy atom. The first-order valence-corrected chi connectivity index (χ1v) is 7.69. The van der Waals surface area contributed by atoms with Crippen LogP contribution in [0.5, 0.6) is 5.75 Å². The Hall–Kier alpha value is -2.56. The van der Waals surface area contributed by atoms with E-state index in [0.29, 0.717) is 25.3 Å². The summed E-state index contributed by atoms with van der Waals surface area (Å²) in [6.45, 7) is 3.16. The van der Waals surface area contributed by atoms with Crippen LogP contribution in [0.2, 0.25) is 0 Å². The van der Waals surface area contributed by atoms with Crippen molar-refractivity contribution in [2.24, 2.45) is 0 Å². The van der Waals surface area contributed by atoms with E-state index in [-0.39, 0.29) is 11.8 Å². The number of ether oxygens (including phenoxy) is 1. The summed E-state index contributed by atoms with van der Waals surface area (Å²) in [5.41, 5.74) is 1.65. The lowest BCUT2D eigenvalue weighted by Crippen LogP contribution is -2.30. The number of anilines is 1. The second-order valence-corrected chi connectivity index (χ2v) is 5.13. The number of amides is 2. The fourth-order valence-electron chi connectivity index (χ4n) is 2.03. The lowest BCUT2D eigenvalue weighted by Gasteiger charge is -2.10. The molecule has 0 spiro atoms. The fourth-order valence-corrected chi connectivity index (χ4v) is 2.03. The first kappa shape index (κ1) is 16.8. The van der Waals surface area contributed by atoms with E-state index >= 15 is 0 Å². The van der Waals surface area contributed by atoms with Gasteiger partial charge in [0.2, 0.25) is 0 Å². The van der Waals surface area contributed by atoms with Crippen LogP contribution in [0.4, 0.5) is 14.9 Å². The van der Waals surface area contributed by atoms with E-state index in [9.17, 15) is 9.18 Å². The van der Waals surface area contributed by atoms with Gasteiger partial charge in [0.25, 0.3) is 0 Å². The molecule has 0 bridgehead atoms. The van der Waals surface area contributed by atoms with Crippen molar-refractivity contribution in [3.8, 4) is 5.75 Å². The molecule has 23 heavy (non-hydrogen) atoms. The van der Waals surface area contributed by atoms with Gasteiger partial charge < -0.3 is 15.4 Å². The van der Waals surface area contributed by atoms with E-state index < -0.39 is 0 Å². The van der Waals surface area contributed by atoms with Crippen LogP contribution in [0.15, 0.2) is 48.5 Å². The molecule has 0 unspecified atom stereocenters. The number of halogens is 1. The van der Waals surface area contributed by atoms with Gasteiger partial charge in [0, 0.05) is 18.3 Å². The standard InChI is InChI=1S/C18H21FN2O2/c1-2-12-23-17-5-3-4-16(13-17)21-18(22)20-11-10-14-6-8-15(19)9-7-14/h3-9,13H,2,10-12H2,1H3,(H2,20,21,22). The van der Waals surface area contributed by atoms with Crippen molar-refractivity contribution in [1.29, 1.82) is 0 Å². The smallest absolute Gasteiger partial charge is 0.319 e. The Balaban J connectivity index is 1.77. The number of hydrogen-bond donors (Lipinski definition) is 2. The van der Waals surface area contributed by atoms with Gasteiger partial charge >= 0.3 is 6.03 Å².